The van der Waals surface area contributed by atoms with E-state index in [4.69, 9.17) is 14.6 Å². The third-order valence-electron chi connectivity index (χ3n) is 5.03. The highest BCUT2D eigenvalue weighted by Gasteiger charge is 2.38. The minimum absolute atomic E-state index is 0.150. The molecule has 3 aromatic rings. The molecule has 0 atom stereocenters. The van der Waals surface area contributed by atoms with Crippen LogP contribution in [0.15, 0.2) is 48.7 Å². The molecule has 1 amide bonds. The Morgan fingerprint density at radius 3 is 2.53 bits per heavy atom. The maximum atomic E-state index is 12.8. The molecule has 34 heavy (non-hydrogen) atoms. The monoisotopic (exact) mass is 476 g/mol. The van der Waals surface area contributed by atoms with Crippen LogP contribution in [0.2, 0.25) is 0 Å². The molecule has 4 rings (SSSR count). The Morgan fingerprint density at radius 2 is 1.85 bits per heavy atom. The molecule has 0 unspecified atom stereocenters. The molecule has 0 bridgehead atoms. The first-order valence-electron chi connectivity index (χ1n) is 10.2. The smallest absolute Gasteiger partial charge is 0.490 e. The van der Waals surface area contributed by atoms with Gasteiger partial charge in [0, 0.05) is 38.4 Å². The number of ether oxygens (including phenoxy) is 1. The summed E-state index contributed by atoms with van der Waals surface area (Å²) in [5.74, 6) is -2.22. The van der Waals surface area contributed by atoms with Gasteiger partial charge in [-0.1, -0.05) is 30.3 Å². The Hall–Kier alpha value is -3.86. The predicted octanol–water partition coefficient (Wildman–Crippen LogP) is 3.26. The van der Waals surface area contributed by atoms with Crippen molar-refractivity contribution in [1.82, 2.24) is 20.4 Å². The van der Waals surface area contributed by atoms with Crippen LogP contribution in [-0.2, 0) is 31.5 Å². The topological polar surface area (TPSA) is 105 Å². The summed E-state index contributed by atoms with van der Waals surface area (Å²) < 4.78 is 38.8. The van der Waals surface area contributed by atoms with Crippen molar-refractivity contribution in [2.45, 2.75) is 25.8 Å². The molecule has 1 aliphatic rings. The molecule has 0 fully saturated rings. The number of aromatic nitrogens is 2. The van der Waals surface area contributed by atoms with Gasteiger partial charge in [-0.3, -0.25) is 9.48 Å². The Labute approximate surface area is 193 Å². The van der Waals surface area contributed by atoms with Gasteiger partial charge in [-0.2, -0.15) is 18.3 Å². The van der Waals surface area contributed by atoms with E-state index in [0.29, 0.717) is 23.6 Å². The van der Waals surface area contributed by atoms with Crippen molar-refractivity contribution in [3.63, 3.8) is 0 Å². The van der Waals surface area contributed by atoms with Crippen LogP contribution in [0.4, 0.5) is 13.2 Å². The van der Waals surface area contributed by atoms with Crippen LogP contribution in [0.3, 0.4) is 0 Å². The lowest BCUT2D eigenvalue weighted by atomic mass is 10.1. The molecule has 11 heteroatoms. The van der Waals surface area contributed by atoms with Gasteiger partial charge >= 0.3 is 12.1 Å². The van der Waals surface area contributed by atoms with Gasteiger partial charge in [0.2, 0.25) is 0 Å². The van der Waals surface area contributed by atoms with Gasteiger partial charge in [-0.05, 0) is 28.8 Å². The SMILES string of the molecule is COc1ccccc1-c1nn(C)cc1C(=O)NCc1ccc2c(c1)CNC2.O=C(O)C(F)(F)F. The summed E-state index contributed by atoms with van der Waals surface area (Å²) in [7, 11) is 3.42. The number of carboxylic acid groups (broad SMARTS) is 1. The highest BCUT2D eigenvalue weighted by atomic mass is 19.4. The molecule has 0 saturated heterocycles. The number of carbonyl (C=O) groups excluding carboxylic acids is 1. The highest BCUT2D eigenvalue weighted by Crippen LogP contribution is 2.30. The average Bonchev–Trinajstić information content (AvgIpc) is 3.43. The van der Waals surface area contributed by atoms with Crippen LogP contribution in [0.5, 0.6) is 5.75 Å². The Bertz CT molecular complexity index is 1190. The van der Waals surface area contributed by atoms with Crippen molar-refractivity contribution < 1.29 is 32.6 Å². The van der Waals surface area contributed by atoms with E-state index in [0.717, 1.165) is 24.2 Å². The minimum atomic E-state index is -5.08. The molecule has 2 heterocycles. The molecule has 0 spiro atoms. The van der Waals surface area contributed by atoms with Gasteiger partial charge in [0.05, 0.1) is 12.7 Å². The predicted molar refractivity (Wildman–Crippen MR) is 117 cm³/mol. The van der Waals surface area contributed by atoms with Gasteiger partial charge in [-0.25, -0.2) is 4.79 Å². The van der Waals surface area contributed by atoms with E-state index in [9.17, 15) is 18.0 Å². The summed E-state index contributed by atoms with van der Waals surface area (Å²) in [6.45, 7) is 2.28. The van der Waals surface area contributed by atoms with E-state index < -0.39 is 12.1 Å². The normalized spacial score (nSPS) is 12.4. The Balaban J connectivity index is 0.000000406. The number of hydrogen-bond acceptors (Lipinski definition) is 5. The Kier molecular flexibility index (Phi) is 7.57. The second-order valence-corrected chi connectivity index (χ2v) is 7.46. The summed E-state index contributed by atoms with van der Waals surface area (Å²) in [6, 6.07) is 13.9. The van der Waals surface area contributed by atoms with E-state index >= 15 is 0 Å². The highest BCUT2D eigenvalue weighted by molar-refractivity contribution is 6.00. The van der Waals surface area contributed by atoms with Crippen LogP contribution in [0.1, 0.15) is 27.0 Å². The fourth-order valence-electron chi connectivity index (χ4n) is 3.43. The van der Waals surface area contributed by atoms with Crippen molar-refractivity contribution in [1.29, 1.82) is 0 Å². The maximum absolute atomic E-state index is 12.8. The first kappa shape index (κ1) is 24.8. The number of amides is 1. The fraction of sp³-hybridized carbons (Fsp3) is 0.261. The lowest BCUT2D eigenvalue weighted by Gasteiger charge is -2.09. The number of fused-ring (bicyclic) bond motifs is 1. The zero-order chi connectivity index (χ0) is 24.9. The molecule has 180 valence electrons. The molecule has 0 aliphatic carbocycles. The van der Waals surface area contributed by atoms with E-state index in [-0.39, 0.29) is 5.91 Å². The summed E-state index contributed by atoms with van der Waals surface area (Å²) in [6.07, 6.45) is -3.34. The molecule has 0 saturated carbocycles. The van der Waals surface area contributed by atoms with E-state index in [1.165, 1.54) is 11.1 Å². The average molecular weight is 476 g/mol. The number of aliphatic carboxylic acids is 1. The van der Waals surface area contributed by atoms with Crippen LogP contribution < -0.4 is 15.4 Å². The first-order valence-corrected chi connectivity index (χ1v) is 10.2. The molecular weight excluding hydrogens is 453 g/mol. The zero-order valence-corrected chi connectivity index (χ0v) is 18.4. The fourth-order valence-corrected chi connectivity index (χ4v) is 3.43. The quantitative estimate of drug-likeness (QED) is 0.522. The number of alkyl halides is 3. The van der Waals surface area contributed by atoms with Crippen molar-refractivity contribution in [3.05, 3.63) is 70.9 Å². The van der Waals surface area contributed by atoms with Gasteiger partial charge in [0.25, 0.3) is 5.91 Å². The molecule has 8 nitrogen and oxygen atoms in total. The number of carbonyl (C=O) groups is 2. The second-order valence-electron chi connectivity index (χ2n) is 7.46. The van der Waals surface area contributed by atoms with Gasteiger partial charge in [0.1, 0.15) is 11.4 Å². The number of benzene rings is 2. The number of nitrogens with one attached hydrogen (secondary N) is 2. The van der Waals surface area contributed by atoms with Crippen molar-refractivity contribution >= 4 is 11.9 Å². The van der Waals surface area contributed by atoms with Crippen molar-refractivity contribution in [3.8, 4) is 17.0 Å². The van der Waals surface area contributed by atoms with E-state index in [1.54, 1.807) is 18.0 Å². The van der Waals surface area contributed by atoms with E-state index in [1.807, 2.05) is 31.3 Å². The minimum Gasteiger partial charge on any atom is -0.496 e. The molecule has 0 radical (unpaired) electrons. The third kappa shape index (κ3) is 5.93. The molecule has 2 aromatic carbocycles. The summed E-state index contributed by atoms with van der Waals surface area (Å²) in [5.41, 5.74) is 5.67. The molecule has 3 N–H and O–H groups in total. The lowest BCUT2D eigenvalue weighted by molar-refractivity contribution is -0.192. The number of para-hydroxylation sites is 1. The van der Waals surface area contributed by atoms with E-state index in [2.05, 4.69) is 33.9 Å². The van der Waals surface area contributed by atoms with Gasteiger partial charge in [-0.15, -0.1) is 0 Å². The van der Waals surface area contributed by atoms with Crippen LogP contribution >= 0.6 is 0 Å². The number of halogens is 3. The lowest BCUT2D eigenvalue weighted by Crippen LogP contribution is -2.23. The largest absolute Gasteiger partial charge is 0.496 e. The third-order valence-corrected chi connectivity index (χ3v) is 5.03. The number of carboxylic acids is 1. The molecule has 1 aromatic heterocycles. The zero-order valence-electron chi connectivity index (χ0n) is 18.4. The van der Waals surface area contributed by atoms with Crippen LogP contribution in [0.25, 0.3) is 11.3 Å². The number of methoxy groups -OCH3 is 1. The number of aryl methyl sites for hydroxylation is 1. The standard InChI is InChI=1S/C21H22N4O2.C2HF3O2/c1-25-13-18(20(24-25)17-5-3-4-6-19(17)27-2)21(26)23-10-14-7-8-15-11-22-12-16(15)9-14;3-2(4,5)1(6)7/h3-9,13,22H,10-12H2,1-2H3,(H,23,26);(H,6,7). The molecule has 1 aliphatic heterocycles. The van der Waals surface area contributed by atoms with Crippen LogP contribution in [-0.4, -0.2) is 40.0 Å². The van der Waals surface area contributed by atoms with Gasteiger partial charge in [0.15, 0.2) is 0 Å². The Morgan fingerprint density at radius 1 is 1.18 bits per heavy atom. The van der Waals surface area contributed by atoms with Crippen molar-refractivity contribution in [2.75, 3.05) is 7.11 Å². The number of nitrogens with zero attached hydrogens (tertiary/aromatic N) is 2. The van der Waals surface area contributed by atoms with Crippen molar-refractivity contribution in [2.24, 2.45) is 7.05 Å². The maximum Gasteiger partial charge on any atom is 0.490 e. The number of hydrogen-bond donors (Lipinski definition) is 3. The van der Waals surface area contributed by atoms with Crippen LogP contribution in [0, 0.1) is 0 Å². The summed E-state index contributed by atoms with van der Waals surface area (Å²) in [4.78, 5) is 21.7. The first-order chi connectivity index (χ1) is 16.1. The van der Waals surface area contributed by atoms with Gasteiger partial charge < -0.3 is 20.5 Å². The summed E-state index contributed by atoms with van der Waals surface area (Å²) in [5, 5.41) is 18.0. The number of rotatable bonds is 5. The molecular formula is C23H23F3N4O4. The second kappa shape index (κ2) is 10.4. The summed E-state index contributed by atoms with van der Waals surface area (Å²) >= 11 is 0.